The molecule has 1 aromatic rings. The number of rotatable bonds is 4. The third-order valence-electron chi connectivity index (χ3n) is 3.85. The molecule has 2 atom stereocenters. The Balaban J connectivity index is 2.27. The molecule has 0 saturated carbocycles. The van der Waals surface area contributed by atoms with Crippen molar-refractivity contribution < 1.29 is 9.84 Å². The van der Waals surface area contributed by atoms with Crippen molar-refractivity contribution in [1.29, 1.82) is 0 Å². The zero-order valence-electron chi connectivity index (χ0n) is 11.1. The van der Waals surface area contributed by atoms with Gasteiger partial charge < -0.3 is 9.84 Å². The number of hydrogen-bond donors (Lipinski definition) is 1. The van der Waals surface area contributed by atoms with Crippen LogP contribution < -0.4 is 4.74 Å². The maximum Gasteiger partial charge on any atom is 0.126 e. The fourth-order valence-corrected chi connectivity index (χ4v) is 2.84. The lowest BCUT2D eigenvalue weighted by Crippen LogP contribution is -2.40. The van der Waals surface area contributed by atoms with E-state index in [1.807, 2.05) is 12.1 Å². The highest BCUT2D eigenvalue weighted by Gasteiger charge is 2.38. The minimum Gasteiger partial charge on any atom is -0.487 e. The highest BCUT2D eigenvalue weighted by molar-refractivity contribution is 6.30. The van der Waals surface area contributed by atoms with Crippen LogP contribution in [0, 0.1) is 0 Å². The molecule has 0 spiro atoms. The maximum absolute atomic E-state index is 10.3. The summed E-state index contributed by atoms with van der Waals surface area (Å²) in [7, 11) is 0. The number of hydrogen-bond acceptors (Lipinski definition) is 2. The van der Waals surface area contributed by atoms with Gasteiger partial charge in [-0.1, -0.05) is 31.9 Å². The molecule has 2 nitrogen and oxygen atoms in total. The number of unbranched alkanes of at least 4 members (excludes halogenated alkanes) is 1. The first-order chi connectivity index (χ1) is 8.60. The van der Waals surface area contributed by atoms with E-state index in [0.29, 0.717) is 11.4 Å². The Morgan fingerprint density at radius 3 is 2.89 bits per heavy atom. The van der Waals surface area contributed by atoms with Crippen LogP contribution in [0.5, 0.6) is 5.75 Å². The summed E-state index contributed by atoms with van der Waals surface area (Å²) in [5, 5.41) is 11.0. The number of fused-ring (bicyclic) bond motifs is 1. The topological polar surface area (TPSA) is 29.5 Å². The van der Waals surface area contributed by atoms with Gasteiger partial charge in [0.25, 0.3) is 0 Å². The van der Waals surface area contributed by atoms with Gasteiger partial charge in [-0.3, -0.25) is 0 Å². The SMILES string of the molecule is CCCCC1(CC)C[C@@H](O)c2cc(Cl)ccc2O1. The normalized spacial score (nSPS) is 26.6. The lowest BCUT2D eigenvalue weighted by atomic mass is 9.83. The molecule has 0 aromatic heterocycles. The van der Waals surface area contributed by atoms with Crippen molar-refractivity contribution in [2.24, 2.45) is 0 Å². The number of ether oxygens (including phenoxy) is 1. The summed E-state index contributed by atoms with van der Waals surface area (Å²) in [6.07, 6.45) is 4.39. The molecule has 0 aliphatic carbocycles. The van der Waals surface area contributed by atoms with Gasteiger partial charge in [-0.2, -0.15) is 0 Å². The van der Waals surface area contributed by atoms with Crippen molar-refractivity contribution in [3.05, 3.63) is 28.8 Å². The Morgan fingerprint density at radius 1 is 1.44 bits per heavy atom. The molecule has 0 amide bonds. The Morgan fingerprint density at radius 2 is 2.22 bits per heavy atom. The molecule has 1 unspecified atom stereocenters. The summed E-state index contributed by atoms with van der Waals surface area (Å²) in [5.41, 5.74) is 0.610. The third kappa shape index (κ3) is 2.65. The highest BCUT2D eigenvalue weighted by atomic mass is 35.5. The van der Waals surface area contributed by atoms with Gasteiger partial charge in [0, 0.05) is 17.0 Å². The minimum absolute atomic E-state index is 0.212. The molecule has 1 aliphatic heterocycles. The van der Waals surface area contributed by atoms with Crippen LogP contribution in [-0.4, -0.2) is 10.7 Å². The van der Waals surface area contributed by atoms with Crippen LogP contribution in [-0.2, 0) is 0 Å². The average molecular weight is 269 g/mol. The number of aliphatic hydroxyl groups is 1. The van der Waals surface area contributed by atoms with Gasteiger partial charge in [0.2, 0.25) is 0 Å². The zero-order chi connectivity index (χ0) is 13.2. The quantitative estimate of drug-likeness (QED) is 0.871. The van der Waals surface area contributed by atoms with Crippen LogP contribution in [0.25, 0.3) is 0 Å². The average Bonchev–Trinajstić information content (AvgIpc) is 2.37. The predicted molar refractivity (Wildman–Crippen MR) is 74.2 cm³/mol. The lowest BCUT2D eigenvalue weighted by Gasteiger charge is -2.40. The first kappa shape index (κ1) is 13.7. The van der Waals surface area contributed by atoms with Crippen molar-refractivity contribution >= 4 is 11.6 Å². The number of benzene rings is 1. The smallest absolute Gasteiger partial charge is 0.126 e. The van der Waals surface area contributed by atoms with Crippen LogP contribution in [0.3, 0.4) is 0 Å². The number of halogens is 1. The van der Waals surface area contributed by atoms with Crippen LogP contribution in [0.2, 0.25) is 5.02 Å². The Kier molecular flexibility index (Phi) is 4.18. The molecule has 1 aromatic carbocycles. The molecule has 3 heteroatoms. The summed E-state index contributed by atoms with van der Waals surface area (Å²) in [5.74, 6) is 0.788. The summed E-state index contributed by atoms with van der Waals surface area (Å²) in [6, 6.07) is 5.50. The molecule has 18 heavy (non-hydrogen) atoms. The highest BCUT2D eigenvalue weighted by Crippen LogP contribution is 2.44. The zero-order valence-corrected chi connectivity index (χ0v) is 11.8. The van der Waals surface area contributed by atoms with Crippen molar-refractivity contribution in [2.75, 3.05) is 0 Å². The summed E-state index contributed by atoms with van der Waals surface area (Å²) < 4.78 is 6.18. The Labute approximate surface area is 114 Å². The fraction of sp³-hybridized carbons (Fsp3) is 0.600. The van der Waals surface area contributed by atoms with Gasteiger partial charge in [-0.05, 0) is 37.5 Å². The van der Waals surface area contributed by atoms with E-state index in [4.69, 9.17) is 16.3 Å². The molecule has 1 N–H and O–H groups in total. The molecule has 0 saturated heterocycles. The summed E-state index contributed by atoms with van der Waals surface area (Å²) in [4.78, 5) is 0. The Hall–Kier alpha value is -0.730. The van der Waals surface area contributed by atoms with Crippen molar-refractivity contribution in [1.82, 2.24) is 0 Å². The van der Waals surface area contributed by atoms with E-state index < -0.39 is 6.10 Å². The molecule has 1 aliphatic rings. The molecule has 2 rings (SSSR count). The van der Waals surface area contributed by atoms with Gasteiger partial charge in [-0.25, -0.2) is 0 Å². The van der Waals surface area contributed by atoms with Gasteiger partial charge in [0.15, 0.2) is 0 Å². The lowest BCUT2D eigenvalue weighted by molar-refractivity contribution is -0.0240. The standard InChI is InChI=1S/C15H21ClO2/c1-3-5-8-15(4-2)10-13(17)12-9-11(16)6-7-14(12)18-15/h6-7,9,13,17H,3-5,8,10H2,1-2H3/t13-,15?/m1/s1. The molecule has 0 bridgehead atoms. The van der Waals surface area contributed by atoms with Gasteiger partial charge in [0.05, 0.1) is 6.10 Å². The Bertz CT molecular complexity index is 419. The fourth-order valence-electron chi connectivity index (χ4n) is 2.66. The first-order valence-corrected chi connectivity index (χ1v) is 7.14. The predicted octanol–water partition coefficient (Wildman–Crippen LogP) is 4.49. The van der Waals surface area contributed by atoms with Crippen molar-refractivity contribution in [2.45, 2.75) is 57.7 Å². The minimum atomic E-state index is -0.468. The second-order valence-corrected chi connectivity index (χ2v) is 5.58. The summed E-state index contributed by atoms with van der Waals surface area (Å²) in [6.45, 7) is 4.31. The largest absolute Gasteiger partial charge is 0.487 e. The number of aliphatic hydroxyl groups excluding tert-OH is 1. The van der Waals surface area contributed by atoms with Crippen LogP contribution in [0.1, 0.15) is 57.6 Å². The summed E-state index contributed by atoms with van der Waals surface area (Å²) >= 11 is 5.96. The molecule has 1 heterocycles. The van der Waals surface area contributed by atoms with Crippen LogP contribution in [0.15, 0.2) is 18.2 Å². The molecular weight excluding hydrogens is 248 g/mol. The van der Waals surface area contributed by atoms with E-state index in [9.17, 15) is 5.11 Å². The van der Waals surface area contributed by atoms with Crippen LogP contribution in [0.4, 0.5) is 0 Å². The monoisotopic (exact) mass is 268 g/mol. The van der Waals surface area contributed by atoms with Gasteiger partial charge in [-0.15, -0.1) is 0 Å². The van der Waals surface area contributed by atoms with Gasteiger partial charge in [0.1, 0.15) is 11.4 Å². The molecule has 0 fully saturated rings. The van der Waals surface area contributed by atoms with Crippen molar-refractivity contribution in [3.8, 4) is 5.75 Å². The van der Waals surface area contributed by atoms with Crippen molar-refractivity contribution in [3.63, 3.8) is 0 Å². The molecule has 100 valence electrons. The molecule has 0 radical (unpaired) electrons. The van der Waals surface area contributed by atoms with E-state index >= 15 is 0 Å². The third-order valence-corrected chi connectivity index (χ3v) is 4.09. The van der Waals surface area contributed by atoms with Crippen LogP contribution >= 0.6 is 11.6 Å². The maximum atomic E-state index is 10.3. The van der Waals surface area contributed by atoms with E-state index in [-0.39, 0.29) is 5.60 Å². The van der Waals surface area contributed by atoms with Gasteiger partial charge >= 0.3 is 0 Å². The first-order valence-electron chi connectivity index (χ1n) is 6.77. The molecular formula is C15H21ClO2. The second kappa shape index (κ2) is 5.50. The van der Waals surface area contributed by atoms with E-state index in [1.165, 1.54) is 0 Å². The van der Waals surface area contributed by atoms with E-state index in [0.717, 1.165) is 37.0 Å². The van der Waals surface area contributed by atoms with E-state index in [1.54, 1.807) is 6.07 Å². The second-order valence-electron chi connectivity index (χ2n) is 5.14. The van der Waals surface area contributed by atoms with E-state index in [2.05, 4.69) is 13.8 Å².